The second-order valence-corrected chi connectivity index (χ2v) is 6.25. The molecule has 0 saturated carbocycles. The monoisotopic (exact) mass is 324 g/mol. The molecule has 1 saturated heterocycles. The van der Waals surface area contributed by atoms with Crippen LogP contribution < -0.4 is 14.8 Å². The van der Waals surface area contributed by atoms with E-state index in [9.17, 15) is 4.79 Å². The Kier molecular flexibility index (Phi) is 5.97. The Bertz CT molecular complexity index is 530. The van der Waals surface area contributed by atoms with E-state index >= 15 is 0 Å². The Labute approximate surface area is 136 Å². The highest BCUT2D eigenvalue weighted by Gasteiger charge is 2.25. The van der Waals surface area contributed by atoms with Crippen LogP contribution in [-0.2, 0) is 11.3 Å². The molecule has 1 aliphatic heterocycles. The number of ether oxygens (including phenoxy) is 2. The standard InChI is InChI=1S/C16H24N2O3S/c1-18(16(19)11-5-6-17-9-11)10-12-7-13(20-2)14(21-3)8-15(12)22-4/h7-8,11,17H,5-6,9-10H2,1-4H3. The maximum absolute atomic E-state index is 12.5. The average molecular weight is 324 g/mol. The van der Waals surface area contributed by atoms with E-state index < -0.39 is 0 Å². The summed E-state index contributed by atoms with van der Waals surface area (Å²) in [6.45, 7) is 2.28. The van der Waals surface area contributed by atoms with Gasteiger partial charge in [-0.2, -0.15) is 0 Å². The molecule has 5 nitrogen and oxygen atoms in total. The van der Waals surface area contributed by atoms with Crippen molar-refractivity contribution in [3.8, 4) is 11.5 Å². The molecule has 1 unspecified atom stereocenters. The number of nitrogens with zero attached hydrogens (tertiary/aromatic N) is 1. The molecule has 0 radical (unpaired) electrons. The molecule has 0 aliphatic carbocycles. The third-order valence-electron chi connectivity index (χ3n) is 3.98. The van der Waals surface area contributed by atoms with Crippen molar-refractivity contribution >= 4 is 17.7 Å². The Morgan fingerprint density at radius 1 is 1.36 bits per heavy atom. The lowest BCUT2D eigenvalue weighted by molar-refractivity contribution is -0.134. The Morgan fingerprint density at radius 3 is 2.59 bits per heavy atom. The van der Waals surface area contributed by atoms with E-state index in [4.69, 9.17) is 9.47 Å². The molecule has 22 heavy (non-hydrogen) atoms. The minimum Gasteiger partial charge on any atom is -0.493 e. The van der Waals surface area contributed by atoms with Gasteiger partial charge in [-0.3, -0.25) is 4.79 Å². The summed E-state index contributed by atoms with van der Waals surface area (Å²) < 4.78 is 10.7. The van der Waals surface area contributed by atoms with Crippen LogP contribution in [0.2, 0.25) is 0 Å². The molecule has 2 rings (SSSR count). The van der Waals surface area contributed by atoms with Crippen LogP contribution in [0, 0.1) is 5.92 Å². The van der Waals surface area contributed by atoms with Crippen LogP contribution in [0.5, 0.6) is 11.5 Å². The zero-order valence-electron chi connectivity index (χ0n) is 13.6. The zero-order valence-corrected chi connectivity index (χ0v) is 14.5. The van der Waals surface area contributed by atoms with Crippen LogP contribution in [0.3, 0.4) is 0 Å². The first kappa shape index (κ1) is 17.0. The van der Waals surface area contributed by atoms with Gasteiger partial charge in [0.25, 0.3) is 0 Å². The molecule has 1 N–H and O–H groups in total. The Morgan fingerprint density at radius 2 is 2.05 bits per heavy atom. The van der Waals surface area contributed by atoms with Crippen LogP contribution in [0.4, 0.5) is 0 Å². The quantitative estimate of drug-likeness (QED) is 0.811. The van der Waals surface area contributed by atoms with Gasteiger partial charge in [-0.25, -0.2) is 0 Å². The van der Waals surface area contributed by atoms with Gasteiger partial charge in [-0.05, 0) is 36.9 Å². The molecular weight excluding hydrogens is 300 g/mol. The number of nitrogens with one attached hydrogen (secondary N) is 1. The smallest absolute Gasteiger partial charge is 0.227 e. The number of carbonyl (C=O) groups is 1. The van der Waals surface area contributed by atoms with Crippen molar-refractivity contribution in [1.82, 2.24) is 10.2 Å². The first-order valence-electron chi connectivity index (χ1n) is 7.35. The molecule has 6 heteroatoms. The Balaban J connectivity index is 2.18. The van der Waals surface area contributed by atoms with E-state index in [-0.39, 0.29) is 11.8 Å². The first-order chi connectivity index (χ1) is 10.6. The molecule has 0 aromatic heterocycles. The number of methoxy groups -OCH3 is 2. The van der Waals surface area contributed by atoms with Crippen molar-refractivity contribution in [3.63, 3.8) is 0 Å². The van der Waals surface area contributed by atoms with Crippen molar-refractivity contribution < 1.29 is 14.3 Å². The van der Waals surface area contributed by atoms with E-state index in [0.29, 0.717) is 18.0 Å². The number of rotatable bonds is 6. The van der Waals surface area contributed by atoms with Crippen LogP contribution in [0.25, 0.3) is 0 Å². The van der Waals surface area contributed by atoms with E-state index in [2.05, 4.69) is 5.32 Å². The number of hydrogen-bond donors (Lipinski definition) is 1. The lowest BCUT2D eigenvalue weighted by Crippen LogP contribution is -2.33. The summed E-state index contributed by atoms with van der Waals surface area (Å²) in [4.78, 5) is 15.4. The fourth-order valence-electron chi connectivity index (χ4n) is 2.73. The summed E-state index contributed by atoms with van der Waals surface area (Å²) in [6, 6.07) is 3.93. The number of benzene rings is 1. The number of thioether (sulfide) groups is 1. The van der Waals surface area contributed by atoms with E-state index in [1.807, 2.05) is 25.4 Å². The lowest BCUT2D eigenvalue weighted by Gasteiger charge is -2.22. The minimum absolute atomic E-state index is 0.0999. The van der Waals surface area contributed by atoms with Crippen molar-refractivity contribution in [1.29, 1.82) is 0 Å². The van der Waals surface area contributed by atoms with Crippen LogP contribution in [-0.4, -0.2) is 51.4 Å². The average Bonchev–Trinajstić information content (AvgIpc) is 3.07. The highest BCUT2D eigenvalue weighted by atomic mass is 32.2. The van der Waals surface area contributed by atoms with Crippen molar-refractivity contribution in [2.45, 2.75) is 17.9 Å². The highest BCUT2D eigenvalue weighted by Crippen LogP contribution is 2.35. The summed E-state index contributed by atoms with van der Waals surface area (Å²) in [5.74, 6) is 1.71. The molecule has 1 aliphatic rings. The van der Waals surface area contributed by atoms with Gasteiger partial charge in [0.1, 0.15) is 0 Å². The maximum Gasteiger partial charge on any atom is 0.227 e. The van der Waals surface area contributed by atoms with Gasteiger partial charge < -0.3 is 19.7 Å². The normalized spacial score (nSPS) is 17.4. The fourth-order valence-corrected chi connectivity index (χ4v) is 3.34. The van der Waals surface area contributed by atoms with Crippen molar-refractivity contribution in [2.75, 3.05) is 40.6 Å². The summed E-state index contributed by atoms with van der Waals surface area (Å²) in [5, 5.41) is 3.24. The second kappa shape index (κ2) is 7.74. The summed E-state index contributed by atoms with van der Waals surface area (Å²) in [5.41, 5.74) is 1.08. The SMILES string of the molecule is COc1cc(CN(C)C(=O)C2CCNC2)c(SC)cc1OC. The zero-order chi connectivity index (χ0) is 16.1. The first-order valence-corrected chi connectivity index (χ1v) is 8.57. The van der Waals surface area contributed by atoms with Gasteiger partial charge in [-0.15, -0.1) is 11.8 Å². The maximum atomic E-state index is 12.5. The second-order valence-electron chi connectivity index (χ2n) is 5.40. The Hall–Kier alpha value is -1.40. The van der Waals surface area contributed by atoms with Gasteiger partial charge >= 0.3 is 0 Å². The largest absolute Gasteiger partial charge is 0.493 e. The van der Waals surface area contributed by atoms with Crippen LogP contribution >= 0.6 is 11.8 Å². The van der Waals surface area contributed by atoms with E-state index in [1.165, 1.54) is 0 Å². The summed E-state index contributed by atoms with van der Waals surface area (Å²) in [7, 11) is 5.12. The van der Waals surface area contributed by atoms with Crippen LogP contribution in [0.1, 0.15) is 12.0 Å². The minimum atomic E-state index is 0.0999. The predicted octanol–water partition coefficient (Wildman–Crippen LogP) is 1.99. The molecule has 1 atom stereocenters. The van der Waals surface area contributed by atoms with Gasteiger partial charge in [0, 0.05) is 25.0 Å². The predicted molar refractivity (Wildman–Crippen MR) is 88.8 cm³/mol. The van der Waals surface area contributed by atoms with Crippen LogP contribution in [0.15, 0.2) is 17.0 Å². The van der Waals surface area contributed by atoms with Gasteiger partial charge in [0.05, 0.1) is 20.1 Å². The summed E-state index contributed by atoms with van der Waals surface area (Å²) >= 11 is 1.64. The van der Waals surface area contributed by atoms with Gasteiger partial charge in [-0.1, -0.05) is 0 Å². The molecule has 1 heterocycles. The molecule has 1 fully saturated rings. The lowest BCUT2D eigenvalue weighted by atomic mass is 10.1. The molecule has 1 aromatic carbocycles. The van der Waals surface area contributed by atoms with Crippen molar-refractivity contribution in [3.05, 3.63) is 17.7 Å². The number of hydrogen-bond acceptors (Lipinski definition) is 5. The fraction of sp³-hybridized carbons (Fsp3) is 0.562. The third kappa shape index (κ3) is 3.67. The topological polar surface area (TPSA) is 50.8 Å². The number of carbonyl (C=O) groups excluding carboxylic acids is 1. The van der Waals surface area contributed by atoms with E-state index in [1.54, 1.807) is 30.9 Å². The molecule has 0 spiro atoms. The summed E-state index contributed by atoms with van der Waals surface area (Å²) in [6.07, 6.45) is 2.94. The van der Waals surface area contributed by atoms with Gasteiger partial charge in [0.2, 0.25) is 5.91 Å². The molecule has 1 aromatic rings. The third-order valence-corrected chi connectivity index (χ3v) is 4.80. The van der Waals surface area contributed by atoms with E-state index in [0.717, 1.165) is 30.0 Å². The van der Waals surface area contributed by atoms with Gasteiger partial charge in [0.15, 0.2) is 11.5 Å². The number of amides is 1. The molecule has 0 bridgehead atoms. The molecule has 1 amide bonds. The molecular formula is C16H24N2O3S. The molecule has 122 valence electrons. The highest BCUT2D eigenvalue weighted by molar-refractivity contribution is 7.98. The van der Waals surface area contributed by atoms with Crippen molar-refractivity contribution in [2.24, 2.45) is 5.92 Å².